The van der Waals surface area contributed by atoms with Gasteiger partial charge >= 0.3 is 5.69 Å². The lowest BCUT2D eigenvalue weighted by molar-refractivity contribution is -0.394. The summed E-state index contributed by atoms with van der Waals surface area (Å²) in [6, 6.07) is 21.1. The van der Waals surface area contributed by atoms with Gasteiger partial charge in [0.1, 0.15) is 0 Å². The first-order valence-corrected chi connectivity index (χ1v) is 12.6. The number of hydrogen-bond donors (Lipinski definition) is 0. The van der Waals surface area contributed by atoms with Gasteiger partial charge < -0.3 is 9.47 Å². The molecule has 1 fully saturated rings. The molecule has 40 heavy (non-hydrogen) atoms. The SMILES string of the molecule is COc1cccc(/C=C2/SC(=O)N(Cc3cccc4ccccc34)C2=O)c1Oc1ccc([N+](=O)[O-])cc1[N+](=O)[O-]. The maximum absolute atomic E-state index is 13.3. The van der Waals surface area contributed by atoms with Crippen LogP contribution in [0.4, 0.5) is 16.2 Å². The monoisotopic (exact) mass is 557 g/mol. The van der Waals surface area contributed by atoms with Crippen LogP contribution in [0, 0.1) is 20.2 Å². The fourth-order valence-corrected chi connectivity index (χ4v) is 5.08. The summed E-state index contributed by atoms with van der Waals surface area (Å²) in [6.07, 6.45) is 1.45. The number of amides is 2. The zero-order valence-corrected chi connectivity index (χ0v) is 21.6. The van der Waals surface area contributed by atoms with Gasteiger partial charge in [0.2, 0.25) is 5.75 Å². The van der Waals surface area contributed by atoms with Crippen LogP contribution >= 0.6 is 11.8 Å². The minimum atomic E-state index is -0.796. The van der Waals surface area contributed by atoms with E-state index in [1.165, 1.54) is 13.2 Å². The molecule has 0 N–H and O–H groups in total. The van der Waals surface area contributed by atoms with Gasteiger partial charge in [0.15, 0.2) is 11.5 Å². The summed E-state index contributed by atoms with van der Waals surface area (Å²) in [5.74, 6) is -0.545. The summed E-state index contributed by atoms with van der Waals surface area (Å²) in [5, 5.41) is 24.2. The number of fused-ring (bicyclic) bond motifs is 1. The van der Waals surface area contributed by atoms with Gasteiger partial charge in [-0.25, -0.2) is 0 Å². The van der Waals surface area contributed by atoms with E-state index >= 15 is 0 Å². The number of imide groups is 1. The molecule has 200 valence electrons. The molecule has 1 saturated heterocycles. The molecule has 0 saturated carbocycles. The second kappa shape index (κ2) is 10.9. The van der Waals surface area contributed by atoms with Crippen LogP contribution in [0.2, 0.25) is 0 Å². The van der Waals surface area contributed by atoms with Crippen molar-refractivity contribution in [3.63, 3.8) is 0 Å². The number of thioether (sulfide) groups is 1. The summed E-state index contributed by atoms with van der Waals surface area (Å²) in [6.45, 7) is 0.0832. The highest BCUT2D eigenvalue weighted by atomic mass is 32.2. The Kier molecular flexibility index (Phi) is 7.17. The van der Waals surface area contributed by atoms with Crippen molar-refractivity contribution >= 4 is 51.1 Å². The van der Waals surface area contributed by atoms with Crippen LogP contribution in [0.25, 0.3) is 16.8 Å². The molecule has 0 bridgehead atoms. The average Bonchev–Trinajstić information content (AvgIpc) is 3.21. The van der Waals surface area contributed by atoms with Gasteiger partial charge in [-0.15, -0.1) is 0 Å². The van der Waals surface area contributed by atoms with Crippen LogP contribution in [0.1, 0.15) is 11.1 Å². The lowest BCUT2D eigenvalue weighted by Crippen LogP contribution is -2.27. The maximum atomic E-state index is 13.3. The van der Waals surface area contributed by atoms with Crippen molar-refractivity contribution < 1.29 is 28.9 Å². The molecule has 4 aromatic rings. The highest BCUT2D eigenvalue weighted by molar-refractivity contribution is 8.18. The van der Waals surface area contributed by atoms with Crippen molar-refractivity contribution in [1.29, 1.82) is 0 Å². The quantitative estimate of drug-likeness (QED) is 0.131. The van der Waals surface area contributed by atoms with E-state index in [9.17, 15) is 29.8 Å². The summed E-state index contributed by atoms with van der Waals surface area (Å²) >= 11 is 0.762. The van der Waals surface area contributed by atoms with E-state index in [-0.39, 0.29) is 28.7 Å². The van der Waals surface area contributed by atoms with Crippen molar-refractivity contribution in [2.75, 3.05) is 7.11 Å². The van der Waals surface area contributed by atoms with Crippen molar-refractivity contribution in [2.45, 2.75) is 6.54 Å². The summed E-state index contributed by atoms with van der Waals surface area (Å²) in [5.41, 5.74) is 0.0285. The Morgan fingerprint density at radius 1 is 0.900 bits per heavy atom. The van der Waals surface area contributed by atoms with Crippen molar-refractivity contribution in [1.82, 2.24) is 4.90 Å². The molecular weight excluding hydrogens is 538 g/mol. The molecule has 0 aromatic heterocycles. The van der Waals surface area contributed by atoms with Crippen LogP contribution in [-0.4, -0.2) is 33.0 Å². The number of non-ortho nitro benzene ring substituents is 1. The number of para-hydroxylation sites is 1. The number of hydrogen-bond acceptors (Lipinski definition) is 9. The number of nitro benzene ring substituents is 2. The first-order chi connectivity index (χ1) is 19.3. The molecule has 1 aliphatic rings. The lowest BCUT2D eigenvalue weighted by Gasteiger charge is -2.15. The van der Waals surface area contributed by atoms with Gasteiger partial charge in [-0.3, -0.25) is 34.7 Å². The van der Waals surface area contributed by atoms with E-state index in [2.05, 4.69) is 0 Å². The van der Waals surface area contributed by atoms with Gasteiger partial charge in [0, 0.05) is 11.6 Å². The number of nitro groups is 2. The summed E-state index contributed by atoms with van der Waals surface area (Å²) in [7, 11) is 1.37. The molecule has 2 amide bonds. The molecule has 0 atom stereocenters. The molecule has 5 rings (SSSR count). The molecule has 0 spiro atoms. The van der Waals surface area contributed by atoms with Gasteiger partial charge in [-0.2, -0.15) is 0 Å². The van der Waals surface area contributed by atoms with Gasteiger partial charge in [-0.05, 0) is 46.3 Å². The fourth-order valence-electron chi connectivity index (χ4n) is 4.25. The molecule has 12 heteroatoms. The predicted molar refractivity (Wildman–Crippen MR) is 148 cm³/mol. The van der Waals surface area contributed by atoms with Gasteiger partial charge in [0.05, 0.1) is 34.5 Å². The van der Waals surface area contributed by atoms with Crippen LogP contribution in [0.3, 0.4) is 0 Å². The molecular formula is C28H19N3O8S. The van der Waals surface area contributed by atoms with Crippen molar-refractivity contribution in [3.8, 4) is 17.2 Å². The van der Waals surface area contributed by atoms with E-state index in [0.29, 0.717) is 5.56 Å². The Morgan fingerprint density at radius 3 is 2.40 bits per heavy atom. The van der Waals surface area contributed by atoms with Gasteiger partial charge in [0.25, 0.3) is 16.8 Å². The molecule has 0 radical (unpaired) electrons. The molecule has 1 heterocycles. The third kappa shape index (κ3) is 5.07. The standard InChI is InChI=1S/C28H19N3O8S/c1-38-24-11-5-8-18(26(24)39-23-13-12-20(30(34)35)15-22(23)31(36)37)14-25-27(32)29(28(33)40-25)16-19-9-4-7-17-6-2-3-10-21(17)19/h2-15H,16H2,1H3/b25-14+. The average molecular weight is 558 g/mol. The van der Waals surface area contributed by atoms with Crippen LogP contribution in [0.15, 0.2) is 83.8 Å². The third-order valence-electron chi connectivity index (χ3n) is 6.16. The number of nitrogens with zero attached hydrogens (tertiary/aromatic N) is 3. The molecule has 11 nitrogen and oxygen atoms in total. The first kappa shape index (κ1) is 26.4. The van der Waals surface area contributed by atoms with E-state index in [1.807, 2.05) is 42.5 Å². The summed E-state index contributed by atoms with van der Waals surface area (Å²) in [4.78, 5) is 48.7. The third-order valence-corrected chi connectivity index (χ3v) is 7.07. The van der Waals surface area contributed by atoms with E-state index in [4.69, 9.17) is 9.47 Å². The Labute approximate surface area is 230 Å². The van der Waals surface area contributed by atoms with Crippen molar-refractivity contribution in [3.05, 3.63) is 115 Å². The minimum absolute atomic E-state index is 0.0304. The molecule has 1 aliphatic heterocycles. The van der Waals surface area contributed by atoms with E-state index in [1.54, 1.807) is 18.2 Å². The number of benzene rings is 4. The van der Waals surface area contributed by atoms with Crippen LogP contribution in [-0.2, 0) is 11.3 Å². The highest BCUT2D eigenvalue weighted by Crippen LogP contribution is 2.42. The summed E-state index contributed by atoms with van der Waals surface area (Å²) < 4.78 is 11.2. The number of rotatable bonds is 8. The van der Waals surface area contributed by atoms with E-state index in [0.717, 1.165) is 51.2 Å². The van der Waals surface area contributed by atoms with Crippen LogP contribution in [0.5, 0.6) is 17.2 Å². The largest absolute Gasteiger partial charge is 0.493 e. The minimum Gasteiger partial charge on any atom is -0.493 e. The molecule has 0 aliphatic carbocycles. The highest BCUT2D eigenvalue weighted by Gasteiger charge is 2.35. The topological polar surface area (TPSA) is 142 Å². The van der Waals surface area contributed by atoms with Gasteiger partial charge in [-0.1, -0.05) is 54.6 Å². The lowest BCUT2D eigenvalue weighted by atomic mass is 10.0. The number of methoxy groups -OCH3 is 1. The van der Waals surface area contributed by atoms with E-state index < -0.39 is 32.4 Å². The maximum Gasteiger partial charge on any atom is 0.318 e. The molecule has 4 aromatic carbocycles. The zero-order chi connectivity index (χ0) is 28.4. The molecule has 0 unspecified atom stereocenters. The number of carbonyl (C=O) groups excluding carboxylic acids is 2. The Balaban J connectivity index is 1.49. The predicted octanol–water partition coefficient (Wildman–Crippen LogP) is 6.69. The Bertz CT molecular complexity index is 1730. The second-order valence-corrected chi connectivity index (χ2v) is 9.55. The zero-order valence-electron chi connectivity index (χ0n) is 20.8. The fraction of sp³-hybridized carbons (Fsp3) is 0.0714. The first-order valence-electron chi connectivity index (χ1n) is 11.8. The number of ether oxygens (including phenoxy) is 2. The smallest absolute Gasteiger partial charge is 0.318 e. The second-order valence-electron chi connectivity index (χ2n) is 8.55. The number of carbonyl (C=O) groups is 2. The van der Waals surface area contributed by atoms with Crippen LogP contribution < -0.4 is 9.47 Å². The Morgan fingerprint density at radius 2 is 1.65 bits per heavy atom. The normalized spacial score (nSPS) is 14.1. The van der Waals surface area contributed by atoms with Crippen molar-refractivity contribution in [2.24, 2.45) is 0 Å². The Hall–Kier alpha value is -5.23.